The van der Waals surface area contributed by atoms with E-state index in [-0.39, 0.29) is 29.8 Å². The third kappa shape index (κ3) is 6.92. The predicted octanol–water partition coefficient (Wildman–Crippen LogP) is 3.76. The average molecular weight is 484 g/mol. The second-order valence-electron chi connectivity index (χ2n) is 7.40. The first-order valence-electron chi connectivity index (χ1n) is 10.5. The number of benzene rings is 2. The van der Waals surface area contributed by atoms with E-state index in [1.165, 1.54) is 36.0 Å². The number of rotatable bonds is 11. The number of ether oxygens (including phenoxy) is 1. The number of carbonyl (C=O) groups excluding carboxylic acids is 2. The molecule has 0 aliphatic heterocycles. The summed E-state index contributed by atoms with van der Waals surface area (Å²) in [6.45, 7) is 6.02. The van der Waals surface area contributed by atoms with Crippen molar-refractivity contribution in [3.8, 4) is 5.75 Å². The predicted molar refractivity (Wildman–Crippen MR) is 129 cm³/mol. The summed E-state index contributed by atoms with van der Waals surface area (Å²) >= 11 is 1.21. The number of hydrogen-bond donors (Lipinski definition) is 2. The number of methoxy groups -OCH3 is 1. The van der Waals surface area contributed by atoms with Gasteiger partial charge in [0, 0.05) is 12.2 Å². The largest absolute Gasteiger partial charge is 0.497 e. The number of amides is 2. The lowest BCUT2D eigenvalue weighted by molar-refractivity contribution is -0.121. The minimum atomic E-state index is -0.402. The van der Waals surface area contributed by atoms with Crippen LogP contribution in [0.5, 0.6) is 5.75 Å². The first-order valence-corrected chi connectivity index (χ1v) is 11.5. The van der Waals surface area contributed by atoms with Gasteiger partial charge in [-0.2, -0.15) is 0 Å². The van der Waals surface area contributed by atoms with Gasteiger partial charge >= 0.3 is 0 Å². The Morgan fingerprint density at radius 2 is 1.85 bits per heavy atom. The lowest BCUT2D eigenvalue weighted by Gasteiger charge is -2.15. The number of carbonyl (C=O) groups is 2. The maximum absolute atomic E-state index is 13.0. The average Bonchev–Trinajstić information content (AvgIpc) is 3.22. The van der Waals surface area contributed by atoms with Crippen LogP contribution >= 0.6 is 11.8 Å². The topological polar surface area (TPSA) is 98.1 Å². The molecule has 8 nitrogen and oxygen atoms in total. The van der Waals surface area contributed by atoms with E-state index in [1.54, 1.807) is 17.8 Å². The second-order valence-corrected chi connectivity index (χ2v) is 8.34. The van der Waals surface area contributed by atoms with E-state index in [0.29, 0.717) is 23.2 Å². The molecule has 3 aromatic rings. The van der Waals surface area contributed by atoms with Crippen molar-refractivity contribution >= 4 is 29.3 Å². The van der Waals surface area contributed by atoms with Gasteiger partial charge in [-0.1, -0.05) is 30.0 Å². The van der Waals surface area contributed by atoms with E-state index < -0.39 is 6.04 Å². The Labute approximate surface area is 201 Å². The zero-order valence-electron chi connectivity index (χ0n) is 19.0. The molecule has 0 aliphatic carbocycles. The molecule has 34 heavy (non-hydrogen) atoms. The molecule has 0 bridgehead atoms. The van der Waals surface area contributed by atoms with Crippen molar-refractivity contribution in [1.82, 2.24) is 20.1 Å². The van der Waals surface area contributed by atoms with E-state index in [2.05, 4.69) is 27.4 Å². The monoisotopic (exact) mass is 483 g/mol. The molecule has 2 N–H and O–H groups in total. The SMILES string of the molecule is C=CCn1c(SCC(=O)Nc2ccc(F)cc2)nnc1C(C)NC(=O)Cc1ccc(OC)cc1. The van der Waals surface area contributed by atoms with Gasteiger partial charge in [-0.3, -0.25) is 9.59 Å². The van der Waals surface area contributed by atoms with E-state index in [1.807, 2.05) is 31.2 Å². The van der Waals surface area contributed by atoms with Gasteiger partial charge in [0.2, 0.25) is 11.8 Å². The van der Waals surface area contributed by atoms with Crippen LogP contribution in [0.1, 0.15) is 24.4 Å². The number of nitrogens with one attached hydrogen (secondary N) is 2. The van der Waals surface area contributed by atoms with E-state index in [9.17, 15) is 14.0 Å². The van der Waals surface area contributed by atoms with Gasteiger partial charge < -0.3 is 19.9 Å². The minimum Gasteiger partial charge on any atom is -0.497 e. The Kier molecular flexibility index (Phi) is 8.80. The Morgan fingerprint density at radius 3 is 2.50 bits per heavy atom. The zero-order valence-corrected chi connectivity index (χ0v) is 19.8. The van der Waals surface area contributed by atoms with Crippen LogP contribution < -0.4 is 15.4 Å². The number of nitrogens with zero attached hydrogens (tertiary/aromatic N) is 3. The molecule has 0 saturated heterocycles. The van der Waals surface area contributed by atoms with Crippen LogP contribution in [-0.4, -0.2) is 39.4 Å². The summed E-state index contributed by atoms with van der Waals surface area (Å²) in [7, 11) is 1.59. The molecule has 1 atom stereocenters. The third-order valence-corrected chi connectivity index (χ3v) is 5.77. The van der Waals surface area contributed by atoms with Gasteiger partial charge in [0.05, 0.1) is 25.3 Å². The summed E-state index contributed by atoms with van der Waals surface area (Å²) in [5.74, 6) is 0.592. The van der Waals surface area contributed by atoms with Crippen LogP contribution in [0.4, 0.5) is 10.1 Å². The fourth-order valence-electron chi connectivity index (χ4n) is 3.17. The summed E-state index contributed by atoms with van der Waals surface area (Å²) in [4.78, 5) is 24.8. The van der Waals surface area contributed by atoms with Crippen LogP contribution in [0.15, 0.2) is 66.3 Å². The normalized spacial score (nSPS) is 11.5. The molecule has 0 saturated carbocycles. The van der Waals surface area contributed by atoms with Crippen molar-refractivity contribution in [2.75, 3.05) is 18.2 Å². The highest BCUT2D eigenvalue weighted by Gasteiger charge is 2.20. The standard InChI is InChI=1S/C24H26FN5O3S/c1-4-13-30-23(16(2)26-21(31)14-17-5-11-20(33-3)12-6-17)28-29-24(30)34-15-22(32)27-19-9-7-18(25)8-10-19/h4-12,16H,1,13-15H2,2-3H3,(H,26,31)(H,27,32). The Hall–Kier alpha value is -3.66. The van der Waals surface area contributed by atoms with E-state index in [0.717, 1.165) is 11.3 Å². The molecular weight excluding hydrogens is 457 g/mol. The number of halogens is 1. The lowest BCUT2D eigenvalue weighted by atomic mass is 10.1. The lowest BCUT2D eigenvalue weighted by Crippen LogP contribution is -2.30. The molecule has 0 fully saturated rings. The van der Waals surface area contributed by atoms with Crippen molar-refractivity contribution < 1.29 is 18.7 Å². The maximum Gasteiger partial charge on any atom is 0.234 e. The Morgan fingerprint density at radius 1 is 1.15 bits per heavy atom. The van der Waals surface area contributed by atoms with Gasteiger partial charge in [-0.25, -0.2) is 4.39 Å². The first kappa shape index (κ1) is 25.0. The summed E-state index contributed by atoms with van der Waals surface area (Å²) < 4.78 is 20.0. The van der Waals surface area contributed by atoms with Crippen molar-refractivity contribution in [3.05, 3.63) is 78.4 Å². The highest BCUT2D eigenvalue weighted by Crippen LogP contribution is 2.21. The summed E-state index contributed by atoms with van der Waals surface area (Å²) in [6, 6.07) is 12.4. The smallest absolute Gasteiger partial charge is 0.234 e. The van der Waals surface area contributed by atoms with E-state index >= 15 is 0 Å². The van der Waals surface area contributed by atoms with Crippen LogP contribution in [0.2, 0.25) is 0 Å². The van der Waals surface area contributed by atoms with Gasteiger partial charge in [-0.15, -0.1) is 16.8 Å². The van der Waals surface area contributed by atoms with Crippen LogP contribution in [0.25, 0.3) is 0 Å². The second kappa shape index (κ2) is 12.0. The fraction of sp³-hybridized carbons (Fsp3) is 0.250. The minimum absolute atomic E-state index is 0.0882. The molecule has 3 rings (SSSR count). The van der Waals surface area contributed by atoms with E-state index in [4.69, 9.17) is 4.74 Å². The molecule has 0 aliphatic rings. The molecule has 10 heteroatoms. The number of hydrogen-bond acceptors (Lipinski definition) is 6. The number of thioether (sulfide) groups is 1. The van der Waals surface area contributed by atoms with Gasteiger partial charge in [0.15, 0.2) is 11.0 Å². The molecule has 1 unspecified atom stereocenters. The quantitative estimate of drug-likeness (QED) is 0.318. The molecule has 1 aromatic heterocycles. The number of allylic oxidation sites excluding steroid dienone is 1. The molecular formula is C24H26FN5O3S. The summed E-state index contributed by atoms with van der Waals surface area (Å²) in [5.41, 5.74) is 1.37. The van der Waals surface area contributed by atoms with Gasteiger partial charge in [0.25, 0.3) is 0 Å². The molecule has 2 amide bonds. The Balaban J connectivity index is 1.60. The first-order chi connectivity index (χ1) is 16.4. The highest BCUT2D eigenvalue weighted by atomic mass is 32.2. The summed E-state index contributed by atoms with van der Waals surface area (Å²) in [5, 5.41) is 14.6. The number of anilines is 1. The number of aromatic nitrogens is 3. The molecule has 2 aromatic carbocycles. The van der Waals surface area contributed by atoms with Crippen LogP contribution in [-0.2, 0) is 22.6 Å². The van der Waals surface area contributed by atoms with Crippen molar-refractivity contribution in [2.24, 2.45) is 0 Å². The van der Waals surface area contributed by atoms with Crippen molar-refractivity contribution in [2.45, 2.75) is 31.1 Å². The van der Waals surface area contributed by atoms with Crippen LogP contribution in [0.3, 0.4) is 0 Å². The van der Waals surface area contributed by atoms with Crippen molar-refractivity contribution in [3.63, 3.8) is 0 Å². The molecule has 178 valence electrons. The van der Waals surface area contributed by atoms with Gasteiger partial charge in [-0.05, 0) is 48.9 Å². The zero-order chi connectivity index (χ0) is 24.5. The highest BCUT2D eigenvalue weighted by molar-refractivity contribution is 7.99. The molecule has 0 spiro atoms. The summed E-state index contributed by atoms with van der Waals surface area (Å²) in [6.07, 6.45) is 1.91. The van der Waals surface area contributed by atoms with Crippen LogP contribution in [0, 0.1) is 5.82 Å². The fourth-order valence-corrected chi connectivity index (χ4v) is 3.93. The maximum atomic E-state index is 13.0. The Bertz CT molecular complexity index is 1130. The molecule has 0 radical (unpaired) electrons. The third-order valence-electron chi connectivity index (χ3n) is 4.81. The van der Waals surface area contributed by atoms with Crippen molar-refractivity contribution in [1.29, 1.82) is 0 Å². The van der Waals surface area contributed by atoms with Gasteiger partial charge in [0.1, 0.15) is 11.6 Å². The molecule has 1 heterocycles.